The van der Waals surface area contributed by atoms with Gasteiger partial charge >= 0.3 is 0 Å². The van der Waals surface area contributed by atoms with Crippen LogP contribution in [0.15, 0.2) is 30.5 Å². The molecule has 0 aliphatic carbocycles. The first kappa shape index (κ1) is 13.3. The zero-order chi connectivity index (χ0) is 13.8. The Labute approximate surface area is 110 Å². The standard InChI is InChI=1S/C13H15N3O3/c1-9(18)16(19-14)11(8-17)6-10-7-15-13-5-3-2-4-12(10)13/h2-5,7-8,11,15H,6,14H2,1H3/t11-/m0/s1. The lowest BCUT2D eigenvalue weighted by Crippen LogP contribution is -2.43. The average Bonchev–Trinajstić information content (AvgIpc) is 2.81. The van der Waals surface area contributed by atoms with E-state index in [-0.39, 0.29) is 0 Å². The van der Waals surface area contributed by atoms with Crippen LogP contribution in [0.2, 0.25) is 0 Å². The van der Waals surface area contributed by atoms with Gasteiger partial charge in [-0.25, -0.2) is 0 Å². The highest BCUT2D eigenvalue weighted by molar-refractivity contribution is 5.84. The molecule has 0 bridgehead atoms. The molecule has 6 heteroatoms. The van der Waals surface area contributed by atoms with Crippen LogP contribution in [0.3, 0.4) is 0 Å². The van der Waals surface area contributed by atoms with Crippen LogP contribution in [0.4, 0.5) is 0 Å². The summed E-state index contributed by atoms with van der Waals surface area (Å²) < 4.78 is 0. The number of nitrogens with two attached hydrogens (primary N) is 1. The molecule has 0 spiro atoms. The van der Waals surface area contributed by atoms with Gasteiger partial charge in [0.15, 0.2) is 0 Å². The molecular formula is C13H15N3O3. The Balaban J connectivity index is 2.27. The average molecular weight is 261 g/mol. The second kappa shape index (κ2) is 5.64. The molecule has 0 fully saturated rings. The van der Waals surface area contributed by atoms with Gasteiger partial charge in [0.2, 0.25) is 5.91 Å². The number of aromatic amines is 1. The third kappa shape index (κ3) is 2.64. The van der Waals surface area contributed by atoms with Gasteiger partial charge in [0.05, 0.1) is 0 Å². The molecule has 1 aromatic heterocycles. The maximum absolute atomic E-state index is 11.3. The van der Waals surface area contributed by atoms with Crippen molar-refractivity contribution < 1.29 is 14.5 Å². The van der Waals surface area contributed by atoms with Crippen molar-refractivity contribution in [2.24, 2.45) is 5.90 Å². The Morgan fingerprint density at radius 3 is 2.89 bits per heavy atom. The van der Waals surface area contributed by atoms with Gasteiger partial charge in [-0.15, -0.1) is 0 Å². The van der Waals surface area contributed by atoms with Gasteiger partial charge in [0, 0.05) is 30.4 Å². The zero-order valence-electron chi connectivity index (χ0n) is 10.5. The molecule has 1 amide bonds. The van der Waals surface area contributed by atoms with Crippen LogP contribution in [-0.4, -0.2) is 28.3 Å². The highest BCUT2D eigenvalue weighted by Gasteiger charge is 2.22. The highest BCUT2D eigenvalue weighted by Crippen LogP contribution is 2.20. The Morgan fingerprint density at radius 2 is 2.26 bits per heavy atom. The number of aromatic nitrogens is 1. The normalized spacial score (nSPS) is 12.3. The number of carbonyl (C=O) groups excluding carboxylic acids is 2. The van der Waals surface area contributed by atoms with E-state index in [1.165, 1.54) is 6.92 Å². The molecule has 100 valence electrons. The molecule has 0 saturated carbocycles. The summed E-state index contributed by atoms with van der Waals surface area (Å²) in [6.07, 6.45) is 2.80. The molecule has 0 aliphatic rings. The van der Waals surface area contributed by atoms with Gasteiger partial charge in [-0.2, -0.15) is 15.9 Å². The Morgan fingerprint density at radius 1 is 1.53 bits per heavy atom. The first-order valence-corrected chi connectivity index (χ1v) is 5.84. The van der Waals surface area contributed by atoms with E-state index in [9.17, 15) is 9.59 Å². The summed E-state index contributed by atoms with van der Waals surface area (Å²) in [6, 6.07) is 6.98. The first-order valence-electron chi connectivity index (χ1n) is 5.84. The Bertz CT molecular complexity index is 594. The minimum atomic E-state index is -0.748. The second-order valence-corrected chi connectivity index (χ2v) is 4.22. The molecular weight excluding hydrogens is 246 g/mol. The van der Waals surface area contributed by atoms with Crippen molar-refractivity contribution in [1.82, 2.24) is 10.0 Å². The smallest absolute Gasteiger partial charge is 0.245 e. The lowest BCUT2D eigenvalue weighted by atomic mass is 10.1. The van der Waals surface area contributed by atoms with Crippen LogP contribution in [0, 0.1) is 0 Å². The van der Waals surface area contributed by atoms with E-state index < -0.39 is 11.9 Å². The van der Waals surface area contributed by atoms with Crippen molar-refractivity contribution in [1.29, 1.82) is 0 Å². The molecule has 0 radical (unpaired) electrons. The van der Waals surface area contributed by atoms with Crippen molar-refractivity contribution in [2.75, 3.05) is 0 Å². The largest absolute Gasteiger partial charge is 0.361 e. The van der Waals surface area contributed by atoms with Gasteiger partial charge in [0.25, 0.3) is 0 Å². The van der Waals surface area contributed by atoms with Crippen LogP contribution in [0.1, 0.15) is 12.5 Å². The van der Waals surface area contributed by atoms with Gasteiger partial charge in [0.1, 0.15) is 12.3 Å². The molecule has 19 heavy (non-hydrogen) atoms. The molecule has 0 aliphatic heterocycles. The number of nitrogens with one attached hydrogen (secondary N) is 1. The van der Waals surface area contributed by atoms with E-state index in [1.54, 1.807) is 0 Å². The summed E-state index contributed by atoms with van der Waals surface area (Å²) in [5.41, 5.74) is 1.90. The molecule has 2 rings (SSSR count). The van der Waals surface area contributed by atoms with Crippen molar-refractivity contribution >= 4 is 23.1 Å². The number of rotatable bonds is 5. The number of aldehydes is 1. The van der Waals surface area contributed by atoms with E-state index in [2.05, 4.69) is 9.92 Å². The molecule has 0 unspecified atom stereocenters. The third-order valence-corrected chi connectivity index (χ3v) is 2.99. The summed E-state index contributed by atoms with van der Waals surface area (Å²) in [4.78, 5) is 30.0. The van der Waals surface area contributed by atoms with Crippen molar-refractivity contribution in [2.45, 2.75) is 19.4 Å². The van der Waals surface area contributed by atoms with Crippen molar-refractivity contribution in [3.63, 3.8) is 0 Å². The Hall–Kier alpha value is -2.18. The van der Waals surface area contributed by atoms with E-state index in [0.29, 0.717) is 12.7 Å². The fraction of sp³-hybridized carbons (Fsp3) is 0.231. The molecule has 0 saturated heterocycles. The van der Waals surface area contributed by atoms with Gasteiger partial charge in [-0.1, -0.05) is 18.2 Å². The van der Waals surface area contributed by atoms with E-state index in [1.807, 2.05) is 30.5 Å². The van der Waals surface area contributed by atoms with E-state index in [0.717, 1.165) is 21.5 Å². The summed E-state index contributed by atoms with van der Waals surface area (Å²) >= 11 is 0. The van der Waals surface area contributed by atoms with Crippen LogP contribution in [-0.2, 0) is 20.9 Å². The van der Waals surface area contributed by atoms with Crippen LogP contribution < -0.4 is 5.90 Å². The minimum absolute atomic E-state index is 0.338. The first-order chi connectivity index (χ1) is 9.17. The number of nitrogens with zero attached hydrogens (tertiary/aromatic N) is 1. The topological polar surface area (TPSA) is 88.4 Å². The highest BCUT2D eigenvalue weighted by atomic mass is 16.8. The lowest BCUT2D eigenvalue weighted by molar-refractivity contribution is -0.198. The van der Waals surface area contributed by atoms with Gasteiger partial charge < -0.3 is 9.78 Å². The molecule has 1 atom stereocenters. The van der Waals surface area contributed by atoms with E-state index >= 15 is 0 Å². The number of para-hydroxylation sites is 1. The summed E-state index contributed by atoms with van der Waals surface area (Å²) in [5, 5.41) is 1.88. The predicted octanol–water partition coefficient (Wildman–Crippen LogP) is 0.932. The Kier molecular flexibility index (Phi) is 3.94. The number of fused-ring (bicyclic) bond motifs is 1. The van der Waals surface area contributed by atoms with Crippen LogP contribution >= 0.6 is 0 Å². The number of hydroxylamine groups is 2. The quantitative estimate of drug-likeness (QED) is 0.619. The monoisotopic (exact) mass is 261 g/mol. The number of carbonyl (C=O) groups is 2. The van der Waals surface area contributed by atoms with Gasteiger partial charge in [-0.3, -0.25) is 4.79 Å². The summed E-state index contributed by atoms with van der Waals surface area (Å²) in [6.45, 7) is 1.29. The fourth-order valence-electron chi connectivity index (χ4n) is 2.10. The third-order valence-electron chi connectivity index (χ3n) is 2.99. The van der Waals surface area contributed by atoms with Crippen LogP contribution in [0.25, 0.3) is 10.9 Å². The van der Waals surface area contributed by atoms with Crippen molar-refractivity contribution in [3.05, 3.63) is 36.0 Å². The minimum Gasteiger partial charge on any atom is -0.361 e. The SMILES string of the molecule is CC(=O)N(ON)[C@H](C=O)Cc1c[nH]c2ccccc12. The molecule has 3 N–H and O–H groups in total. The predicted molar refractivity (Wildman–Crippen MR) is 69.6 cm³/mol. The van der Waals surface area contributed by atoms with Gasteiger partial charge in [-0.05, 0) is 11.6 Å². The molecule has 1 aromatic carbocycles. The number of hydrogen-bond acceptors (Lipinski definition) is 4. The molecule has 2 aromatic rings. The number of benzene rings is 1. The molecule has 1 heterocycles. The van der Waals surface area contributed by atoms with E-state index in [4.69, 9.17) is 5.90 Å². The number of H-pyrrole nitrogens is 1. The lowest BCUT2D eigenvalue weighted by Gasteiger charge is -2.22. The molecule has 6 nitrogen and oxygen atoms in total. The number of hydrogen-bond donors (Lipinski definition) is 2. The van der Waals surface area contributed by atoms with Crippen molar-refractivity contribution in [3.8, 4) is 0 Å². The number of amides is 1. The summed E-state index contributed by atoms with van der Waals surface area (Å²) in [5.74, 6) is 4.61. The zero-order valence-corrected chi connectivity index (χ0v) is 10.5. The second-order valence-electron chi connectivity index (χ2n) is 4.22. The maximum Gasteiger partial charge on any atom is 0.245 e. The summed E-state index contributed by atoms with van der Waals surface area (Å²) in [7, 11) is 0. The van der Waals surface area contributed by atoms with Crippen LogP contribution in [0.5, 0.6) is 0 Å². The fourth-order valence-corrected chi connectivity index (χ4v) is 2.10. The maximum atomic E-state index is 11.3.